The largest absolute Gasteiger partial charge is 0.495 e. The highest BCUT2D eigenvalue weighted by Gasteiger charge is 2.39. The summed E-state index contributed by atoms with van der Waals surface area (Å²) in [6.45, 7) is 0.440. The second-order valence-electron chi connectivity index (χ2n) is 6.54. The maximum Gasteiger partial charge on any atom is 0.251 e. The molecular formula is C19H20ClN3O5S. The van der Waals surface area contributed by atoms with Gasteiger partial charge in [0.15, 0.2) is 0 Å². The van der Waals surface area contributed by atoms with Crippen LogP contribution in [0.15, 0.2) is 47.4 Å². The van der Waals surface area contributed by atoms with Gasteiger partial charge in [0.25, 0.3) is 5.91 Å². The second kappa shape index (κ2) is 8.50. The first-order valence-corrected chi connectivity index (χ1v) is 10.7. The first-order chi connectivity index (χ1) is 13.7. The zero-order valence-corrected chi connectivity index (χ0v) is 17.2. The fourth-order valence-electron chi connectivity index (χ4n) is 3.09. The van der Waals surface area contributed by atoms with Crippen LogP contribution in [0, 0.1) is 0 Å². The molecule has 154 valence electrons. The number of benzene rings is 2. The first-order valence-electron chi connectivity index (χ1n) is 8.76. The van der Waals surface area contributed by atoms with Crippen LogP contribution in [0.4, 0.5) is 5.69 Å². The van der Waals surface area contributed by atoms with Crippen LogP contribution < -0.4 is 20.1 Å². The van der Waals surface area contributed by atoms with Gasteiger partial charge in [-0.3, -0.25) is 9.59 Å². The van der Waals surface area contributed by atoms with E-state index in [0.29, 0.717) is 29.4 Å². The molecular weight excluding hydrogens is 418 g/mol. The molecule has 29 heavy (non-hydrogen) atoms. The molecule has 0 bridgehead atoms. The number of hydrogen-bond donors (Lipinski definition) is 2. The Kier molecular flexibility index (Phi) is 6.23. The van der Waals surface area contributed by atoms with E-state index in [4.69, 9.17) is 21.5 Å². The first kappa shape index (κ1) is 21.3. The summed E-state index contributed by atoms with van der Waals surface area (Å²) in [4.78, 5) is 26.2. The van der Waals surface area contributed by atoms with Crippen LogP contribution in [-0.2, 0) is 26.0 Å². The number of nitrogens with one attached hydrogen (secondary N) is 1. The van der Waals surface area contributed by atoms with Crippen molar-refractivity contribution in [3.05, 3.63) is 53.1 Å². The number of amides is 2. The Bertz CT molecular complexity index is 1040. The number of ether oxygens (including phenoxy) is 1. The van der Waals surface area contributed by atoms with E-state index in [0.717, 1.165) is 10.5 Å². The molecule has 1 aliphatic rings. The van der Waals surface area contributed by atoms with E-state index in [1.807, 2.05) is 0 Å². The number of sulfonamides is 1. The molecule has 0 aromatic heterocycles. The lowest BCUT2D eigenvalue weighted by Crippen LogP contribution is -2.39. The Morgan fingerprint density at radius 2 is 1.90 bits per heavy atom. The minimum atomic E-state index is -3.73. The summed E-state index contributed by atoms with van der Waals surface area (Å²) >= 11 is 6.10. The van der Waals surface area contributed by atoms with Gasteiger partial charge in [0.05, 0.1) is 35.2 Å². The van der Waals surface area contributed by atoms with Crippen molar-refractivity contribution >= 4 is 39.1 Å². The fraction of sp³-hybridized carbons (Fsp3) is 0.263. The minimum Gasteiger partial charge on any atom is -0.495 e. The summed E-state index contributed by atoms with van der Waals surface area (Å²) in [7, 11) is -2.25. The topological polar surface area (TPSA) is 119 Å². The summed E-state index contributed by atoms with van der Waals surface area (Å²) in [5.41, 5.74) is 1.27. The van der Waals surface area contributed by atoms with Gasteiger partial charge in [-0.25, -0.2) is 18.5 Å². The fourth-order valence-corrected chi connectivity index (χ4v) is 3.86. The summed E-state index contributed by atoms with van der Waals surface area (Å²) in [6.07, 6.45) is 0.601. The van der Waals surface area contributed by atoms with E-state index in [-0.39, 0.29) is 23.1 Å². The van der Waals surface area contributed by atoms with E-state index in [2.05, 4.69) is 5.32 Å². The van der Waals surface area contributed by atoms with Crippen molar-refractivity contribution in [2.75, 3.05) is 18.6 Å². The Balaban J connectivity index is 1.61. The van der Waals surface area contributed by atoms with Crippen LogP contribution in [0.5, 0.6) is 5.75 Å². The Labute approximate surface area is 173 Å². The highest BCUT2D eigenvalue weighted by atomic mass is 35.5. The van der Waals surface area contributed by atoms with Crippen molar-refractivity contribution < 1.29 is 22.7 Å². The summed E-state index contributed by atoms with van der Waals surface area (Å²) in [5.74, 6) is -0.204. The zero-order chi connectivity index (χ0) is 21.2. The summed E-state index contributed by atoms with van der Waals surface area (Å²) in [6, 6.07) is 10.3. The maximum absolute atomic E-state index is 12.7. The summed E-state index contributed by atoms with van der Waals surface area (Å²) in [5, 5.41) is 8.46. The van der Waals surface area contributed by atoms with Gasteiger partial charge in [-0.1, -0.05) is 23.7 Å². The quantitative estimate of drug-likeness (QED) is 0.633. The molecule has 1 saturated heterocycles. The number of imide groups is 1. The van der Waals surface area contributed by atoms with Crippen LogP contribution >= 0.6 is 11.6 Å². The van der Waals surface area contributed by atoms with Crippen LogP contribution in [-0.4, -0.2) is 39.9 Å². The molecule has 3 N–H and O–H groups in total. The normalized spacial score (nSPS) is 17.1. The molecule has 0 radical (unpaired) electrons. The molecule has 2 aromatic rings. The Morgan fingerprint density at radius 3 is 2.48 bits per heavy atom. The van der Waals surface area contributed by atoms with Crippen LogP contribution in [0.25, 0.3) is 0 Å². The predicted molar refractivity (Wildman–Crippen MR) is 108 cm³/mol. The zero-order valence-electron chi connectivity index (χ0n) is 15.6. The molecule has 1 heterocycles. The lowest BCUT2D eigenvalue weighted by Gasteiger charge is -2.16. The van der Waals surface area contributed by atoms with Gasteiger partial charge in [-0.2, -0.15) is 0 Å². The molecule has 1 unspecified atom stereocenters. The molecule has 10 heteroatoms. The van der Waals surface area contributed by atoms with Gasteiger partial charge in [0, 0.05) is 0 Å². The molecule has 0 saturated carbocycles. The van der Waals surface area contributed by atoms with E-state index in [1.165, 1.54) is 25.3 Å². The van der Waals surface area contributed by atoms with E-state index >= 15 is 0 Å². The number of carbonyl (C=O) groups is 2. The molecule has 2 amide bonds. The molecule has 1 aliphatic heterocycles. The number of halogens is 1. The highest BCUT2D eigenvalue weighted by Crippen LogP contribution is 2.31. The molecule has 2 aromatic carbocycles. The summed E-state index contributed by atoms with van der Waals surface area (Å²) < 4.78 is 27.6. The monoisotopic (exact) mass is 437 g/mol. The Hall–Kier alpha value is -2.46. The van der Waals surface area contributed by atoms with Gasteiger partial charge in [-0.05, 0) is 48.9 Å². The van der Waals surface area contributed by atoms with Gasteiger partial charge < -0.3 is 10.1 Å². The van der Waals surface area contributed by atoms with Crippen LogP contribution in [0.3, 0.4) is 0 Å². The average Bonchev–Trinajstić information content (AvgIpc) is 2.95. The van der Waals surface area contributed by atoms with Crippen molar-refractivity contribution in [1.29, 1.82) is 0 Å². The molecule has 1 atom stereocenters. The molecule has 0 spiro atoms. The van der Waals surface area contributed by atoms with Gasteiger partial charge in [-0.15, -0.1) is 0 Å². The smallest absolute Gasteiger partial charge is 0.251 e. The van der Waals surface area contributed by atoms with E-state index in [9.17, 15) is 18.0 Å². The molecule has 0 aliphatic carbocycles. The van der Waals surface area contributed by atoms with E-state index in [1.54, 1.807) is 24.3 Å². The maximum atomic E-state index is 12.7. The number of nitrogens with zero attached hydrogens (tertiary/aromatic N) is 1. The molecule has 8 nitrogen and oxygen atoms in total. The third-order valence-corrected chi connectivity index (χ3v) is 5.82. The van der Waals surface area contributed by atoms with Crippen molar-refractivity contribution in [1.82, 2.24) is 5.32 Å². The Morgan fingerprint density at radius 1 is 1.21 bits per heavy atom. The van der Waals surface area contributed by atoms with Gasteiger partial charge in [0.1, 0.15) is 5.75 Å². The van der Waals surface area contributed by atoms with Crippen molar-refractivity contribution in [2.45, 2.75) is 23.8 Å². The van der Waals surface area contributed by atoms with Crippen LogP contribution in [0.2, 0.25) is 5.02 Å². The number of primary sulfonamides is 1. The number of anilines is 1. The molecule has 1 fully saturated rings. The van der Waals surface area contributed by atoms with E-state index < -0.39 is 16.1 Å². The third-order valence-electron chi connectivity index (χ3n) is 4.60. The average molecular weight is 438 g/mol. The SMILES string of the molecule is COc1ccc(N2C(=O)CC(NCCc3ccc(S(N)(=O)=O)cc3)C2=O)cc1Cl. The van der Waals surface area contributed by atoms with Gasteiger partial charge >= 0.3 is 0 Å². The number of nitrogens with two attached hydrogens (primary N) is 1. The second-order valence-corrected chi connectivity index (χ2v) is 8.50. The van der Waals surface area contributed by atoms with Gasteiger partial charge in [0.2, 0.25) is 15.9 Å². The number of methoxy groups -OCH3 is 1. The highest BCUT2D eigenvalue weighted by molar-refractivity contribution is 7.89. The molecule has 3 rings (SSSR count). The van der Waals surface area contributed by atoms with Crippen LogP contribution in [0.1, 0.15) is 12.0 Å². The number of hydrogen-bond acceptors (Lipinski definition) is 6. The van der Waals surface area contributed by atoms with Crippen molar-refractivity contribution in [2.24, 2.45) is 5.14 Å². The lowest BCUT2D eigenvalue weighted by molar-refractivity contribution is -0.121. The predicted octanol–water partition coefficient (Wildman–Crippen LogP) is 1.46. The standard InChI is InChI=1S/C19H20ClN3O5S/c1-28-17-7-4-13(10-15(17)20)23-18(24)11-16(19(23)25)22-9-8-12-2-5-14(6-3-12)29(21,26)27/h2-7,10,16,22H,8-9,11H2,1H3,(H2,21,26,27). The third kappa shape index (κ3) is 4.76. The van der Waals surface area contributed by atoms with Crippen molar-refractivity contribution in [3.8, 4) is 5.75 Å². The number of rotatable bonds is 7. The minimum absolute atomic E-state index is 0.0413. The number of carbonyl (C=O) groups excluding carboxylic acids is 2. The lowest BCUT2D eigenvalue weighted by atomic mass is 10.1. The van der Waals surface area contributed by atoms with Crippen molar-refractivity contribution in [3.63, 3.8) is 0 Å².